The number of nitrogens with one attached hydrogen (secondary N) is 1. The summed E-state index contributed by atoms with van der Waals surface area (Å²) < 4.78 is 81.2. The van der Waals surface area contributed by atoms with E-state index in [9.17, 15) is 26.3 Å². The lowest BCUT2D eigenvalue weighted by atomic mass is 9.99. The van der Waals surface area contributed by atoms with E-state index in [0.717, 1.165) is 12.1 Å². The summed E-state index contributed by atoms with van der Waals surface area (Å²) in [4.78, 5) is 0. The van der Waals surface area contributed by atoms with Gasteiger partial charge in [-0.3, -0.25) is 0 Å². The second-order valence-corrected chi connectivity index (χ2v) is 4.42. The fourth-order valence-electron chi connectivity index (χ4n) is 1.96. The van der Waals surface area contributed by atoms with Crippen LogP contribution in [0.2, 0.25) is 0 Å². The molecule has 1 N–H and O–H groups in total. The van der Waals surface area contributed by atoms with Gasteiger partial charge in [-0.15, -0.1) is 0 Å². The van der Waals surface area contributed by atoms with Crippen molar-refractivity contribution in [2.75, 3.05) is 19.8 Å². The molecule has 112 valence electrons. The quantitative estimate of drug-likeness (QED) is 0.803. The van der Waals surface area contributed by atoms with Crippen molar-refractivity contribution in [2.24, 2.45) is 0 Å². The minimum Gasteiger partial charge on any atom is -0.378 e. The Morgan fingerprint density at radius 1 is 0.950 bits per heavy atom. The summed E-state index contributed by atoms with van der Waals surface area (Å²) in [6.07, 6.45) is -9.66. The number of rotatable bonds is 1. The Morgan fingerprint density at radius 2 is 1.50 bits per heavy atom. The van der Waals surface area contributed by atoms with Gasteiger partial charge in [0.1, 0.15) is 0 Å². The fraction of sp³-hybridized carbons (Fsp3) is 0.500. The molecule has 1 aromatic carbocycles. The van der Waals surface area contributed by atoms with Crippen LogP contribution in [0.1, 0.15) is 22.7 Å². The standard InChI is InChI=1S/C12H11F6NO/c13-11(14,15)8-3-7(10-6-20-2-1-19-10)4-9(5-8)12(16,17)18/h3-5,10,19H,1-2,6H2/t10-/m0/s1. The number of hydrogen-bond acceptors (Lipinski definition) is 2. The lowest BCUT2D eigenvalue weighted by Crippen LogP contribution is -2.34. The number of morpholine rings is 1. The van der Waals surface area contributed by atoms with Crippen molar-refractivity contribution in [3.63, 3.8) is 0 Å². The van der Waals surface area contributed by atoms with Gasteiger partial charge in [0.05, 0.1) is 30.4 Å². The molecule has 1 atom stereocenters. The molecule has 1 aliphatic heterocycles. The van der Waals surface area contributed by atoms with Crippen molar-refractivity contribution >= 4 is 0 Å². The van der Waals surface area contributed by atoms with Crippen LogP contribution in [0.25, 0.3) is 0 Å². The fourth-order valence-corrected chi connectivity index (χ4v) is 1.96. The molecule has 2 nitrogen and oxygen atoms in total. The Balaban J connectivity index is 2.45. The van der Waals surface area contributed by atoms with Crippen molar-refractivity contribution in [3.05, 3.63) is 34.9 Å². The molecule has 0 radical (unpaired) electrons. The predicted octanol–water partition coefficient (Wildman–Crippen LogP) is 3.39. The van der Waals surface area contributed by atoms with Crippen molar-refractivity contribution in [1.29, 1.82) is 0 Å². The predicted molar refractivity (Wildman–Crippen MR) is 58.0 cm³/mol. The molecule has 1 aromatic rings. The first-order valence-corrected chi connectivity index (χ1v) is 5.78. The normalized spacial score (nSPS) is 21.0. The smallest absolute Gasteiger partial charge is 0.378 e. The summed E-state index contributed by atoms with van der Waals surface area (Å²) in [6, 6.07) is 0.892. The molecule has 0 aliphatic carbocycles. The topological polar surface area (TPSA) is 21.3 Å². The van der Waals surface area contributed by atoms with Crippen LogP contribution in [0.15, 0.2) is 18.2 Å². The van der Waals surface area contributed by atoms with Gasteiger partial charge in [0.2, 0.25) is 0 Å². The molecule has 0 amide bonds. The van der Waals surface area contributed by atoms with Gasteiger partial charge < -0.3 is 10.1 Å². The Bertz CT molecular complexity index is 444. The van der Waals surface area contributed by atoms with Gasteiger partial charge in [-0.25, -0.2) is 0 Å². The Labute approximate surface area is 110 Å². The van der Waals surface area contributed by atoms with E-state index >= 15 is 0 Å². The number of alkyl halides is 6. The van der Waals surface area contributed by atoms with Crippen molar-refractivity contribution in [1.82, 2.24) is 5.32 Å². The van der Waals surface area contributed by atoms with Crippen LogP contribution in [0.5, 0.6) is 0 Å². The van der Waals surface area contributed by atoms with Crippen LogP contribution in [-0.4, -0.2) is 19.8 Å². The minimum atomic E-state index is -4.83. The summed E-state index contributed by atoms with van der Waals surface area (Å²) in [5.74, 6) is 0. The average Bonchev–Trinajstić information content (AvgIpc) is 2.37. The maximum atomic E-state index is 12.7. The van der Waals surface area contributed by atoms with Crippen LogP contribution in [-0.2, 0) is 17.1 Å². The molecule has 0 saturated carbocycles. The van der Waals surface area contributed by atoms with Gasteiger partial charge >= 0.3 is 12.4 Å². The van der Waals surface area contributed by atoms with Crippen LogP contribution in [0, 0.1) is 0 Å². The van der Waals surface area contributed by atoms with Gasteiger partial charge in [0.15, 0.2) is 0 Å². The zero-order valence-corrected chi connectivity index (χ0v) is 10.1. The molecule has 1 saturated heterocycles. The molecule has 1 fully saturated rings. The largest absolute Gasteiger partial charge is 0.416 e. The first kappa shape index (κ1) is 15.1. The second-order valence-electron chi connectivity index (χ2n) is 4.42. The van der Waals surface area contributed by atoms with E-state index < -0.39 is 29.5 Å². The minimum absolute atomic E-state index is 0.0403. The van der Waals surface area contributed by atoms with Crippen LogP contribution in [0.4, 0.5) is 26.3 Å². The Kier molecular flexibility index (Phi) is 3.97. The highest BCUT2D eigenvalue weighted by molar-refractivity contribution is 5.35. The Morgan fingerprint density at radius 3 is 1.90 bits per heavy atom. The van der Waals surface area contributed by atoms with Gasteiger partial charge in [0, 0.05) is 6.54 Å². The number of ether oxygens (including phenoxy) is 1. The highest BCUT2D eigenvalue weighted by Crippen LogP contribution is 2.37. The molecule has 0 aromatic heterocycles. The molecule has 8 heteroatoms. The van der Waals surface area contributed by atoms with E-state index in [1.54, 1.807) is 0 Å². The van der Waals surface area contributed by atoms with Gasteiger partial charge in [-0.2, -0.15) is 26.3 Å². The van der Waals surface area contributed by atoms with E-state index in [2.05, 4.69) is 5.32 Å². The maximum absolute atomic E-state index is 12.7. The van der Waals surface area contributed by atoms with Crippen molar-refractivity contribution < 1.29 is 31.1 Å². The van der Waals surface area contributed by atoms with E-state index in [-0.39, 0.29) is 18.2 Å². The number of hydrogen-bond donors (Lipinski definition) is 1. The molecular formula is C12H11F6NO. The van der Waals surface area contributed by atoms with Crippen LogP contribution < -0.4 is 5.32 Å². The van der Waals surface area contributed by atoms with Crippen LogP contribution in [0.3, 0.4) is 0 Å². The van der Waals surface area contributed by atoms with E-state index in [4.69, 9.17) is 4.74 Å². The molecule has 0 bridgehead atoms. The second kappa shape index (κ2) is 5.25. The number of benzene rings is 1. The molecule has 20 heavy (non-hydrogen) atoms. The molecule has 1 aliphatic rings. The van der Waals surface area contributed by atoms with Gasteiger partial charge in [0.25, 0.3) is 0 Å². The zero-order chi connectivity index (χ0) is 15.0. The van der Waals surface area contributed by atoms with Crippen molar-refractivity contribution in [3.8, 4) is 0 Å². The molecule has 0 spiro atoms. The average molecular weight is 299 g/mol. The summed E-state index contributed by atoms with van der Waals surface area (Å²) >= 11 is 0. The maximum Gasteiger partial charge on any atom is 0.416 e. The molecule has 1 heterocycles. The third kappa shape index (κ3) is 3.43. The zero-order valence-electron chi connectivity index (χ0n) is 10.1. The molecular weight excluding hydrogens is 288 g/mol. The molecule has 0 unspecified atom stereocenters. The highest BCUT2D eigenvalue weighted by atomic mass is 19.4. The monoisotopic (exact) mass is 299 g/mol. The lowest BCUT2D eigenvalue weighted by molar-refractivity contribution is -0.143. The van der Waals surface area contributed by atoms with E-state index in [0.29, 0.717) is 13.2 Å². The first-order chi connectivity index (χ1) is 9.18. The first-order valence-electron chi connectivity index (χ1n) is 5.78. The number of halogens is 6. The van der Waals surface area contributed by atoms with Gasteiger partial charge in [-0.1, -0.05) is 0 Å². The summed E-state index contributed by atoms with van der Waals surface area (Å²) in [6.45, 7) is 0.794. The van der Waals surface area contributed by atoms with E-state index in [1.807, 2.05) is 0 Å². The molecule has 2 rings (SSSR count). The summed E-state index contributed by atoms with van der Waals surface area (Å²) in [5, 5.41) is 2.83. The SMILES string of the molecule is FC(F)(F)c1cc([C@@H]2COCCN2)cc(C(F)(F)F)c1. The Hall–Kier alpha value is -1.28. The van der Waals surface area contributed by atoms with Gasteiger partial charge in [-0.05, 0) is 23.8 Å². The highest BCUT2D eigenvalue weighted by Gasteiger charge is 2.37. The summed E-state index contributed by atoms with van der Waals surface area (Å²) in [5.41, 5.74) is -2.70. The summed E-state index contributed by atoms with van der Waals surface area (Å²) in [7, 11) is 0. The third-order valence-electron chi connectivity index (χ3n) is 2.93. The third-order valence-corrected chi connectivity index (χ3v) is 2.93. The lowest BCUT2D eigenvalue weighted by Gasteiger charge is -2.25. The van der Waals surface area contributed by atoms with Crippen LogP contribution >= 0.6 is 0 Å². The van der Waals surface area contributed by atoms with Crippen molar-refractivity contribution in [2.45, 2.75) is 18.4 Å². The van der Waals surface area contributed by atoms with E-state index in [1.165, 1.54) is 0 Å².